The van der Waals surface area contributed by atoms with E-state index >= 15 is 0 Å². The van der Waals surface area contributed by atoms with Gasteiger partial charge in [0.15, 0.2) is 6.61 Å². The molecule has 10 heteroatoms. The van der Waals surface area contributed by atoms with Crippen molar-refractivity contribution in [2.24, 2.45) is 0 Å². The molecular formula is C22H18F3N3O2S2. The van der Waals surface area contributed by atoms with Crippen LogP contribution >= 0.6 is 23.1 Å². The lowest BCUT2D eigenvalue weighted by Gasteiger charge is -2.07. The molecule has 5 nitrogen and oxygen atoms in total. The highest BCUT2D eigenvalue weighted by Crippen LogP contribution is 2.32. The van der Waals surface area contributed by atoms with E-state index in [1.165, 1.54) is 35.2 Å². The molecule has 4 rings (SSSR count). The highest BCUT2D eigenvalue weighted by atomic mass is 32.2. The minimum absolute atomic E-state index is 0.173. The predicted octanol–water partition coefficient (Wildman–Crippen LogP) is 6.70. The summed E-state index contributed by atoms with van der Waals surface area (Å²) in [4.78, 5) is 4.49. The van der Waals surface area contributed by atoms with Crippen LogP contribution in [-0.4, -0.2) is 15.2 Å². The van der Waals surface area contributed by atoms with Crippen LogP contribution in [0.4, 0.5) is 13.2 Å². The second kappa shape index (κ2) is 9.33. The molecule has 2 aromatic carbocycles. The topological polar surface area (TPSA) is 61.0 Å². The molecule has 0 aliphatic rings. The molecule has 4 aromatic rings. The first-order valence-corrected chi connectivity index (χ1v) is 11.4. The molecule has 32 heavy (non-hydrogen) atoms. The van der Waals surface area contributed by atoms with Gasteiger partial charge in [-0.2, -0.15) is 13.2 Å². The monoisotopic (exact) mass is 477 g/mol. The summed E-state index contributed by atoms with van der Waals surface area (Å²) in [5.41, 5.74) is 2.87. The van der Waals surface area contributed by atoms with Crippen LogP contribution in [0.15, 0.2) is 57.5 Å². The molecule has 2 aromatic heterocycles. The minimum Gasteiger partial charge on any atom is -0.484 e. The quantitative estimate of drug-likeness (QED) is 0.276. The predicted molar refractivity (Wildman–Crippen MR) is 117 cm³/mol. The lowest BCUT2D eigenvalue weighted by atomic mass is 10.1. The molecule has 2 heterocycles. The van der Waals surface area contributed by atoms with Crippen molar-refractivity contribution in [3.63, 3.8) is 0 Å². The number of hydrogen-bond donors (Lipinski definition) is 0. The van der Waals surface area contributed by atoms with E-state index in [0.29, 0.717) is 27.4 Å². The Bertz CT molecular complexity index is 1200. The first-order chi connectivity index (χ1) is 15.3. The van der Waals surface area contributed by atoms with E-state index in [4.69, 9.17) is 9.15 Å². The van der Waals surface area contributed by atoms with Crippen LogP contribution < -0.4 is 4.74 Å². The molecule has 0 N–H and O–H groups in total. The highest BCUT2D eigenvalue weighted by molar-refractivity contribution is 7.98. The maximum atomic E-state index is 12.7. The molecule has 0 bridgehead atoms. The molecule has 0 radical (unpaired) electrons. The average molecular weight is 478 g/mol. The normalized spacial score (nSPS) is 11.7. The van der Waals surface area contributed by atoms with Gasteiger partial charge in [0.2, 0.25) is 0 Å². The van der Waals surface area contributed by atoms with Crippen molar-refractivity contribution in [3.8, 4) is 16.3 Å². The van der Waals surface area contributed by atoms with E-state index in [9.17, 15) is 13.2 Å². The molecule has 166 valence electrons. The van der Waals surface area contributed by atoms with Crippen molar-refractivity contribution in [1.29, 1.82) is 0 Å². The number of hydrogen-bond acceptors (Lipinski definition) is 7. The third kappa shape index (κ3) is 5.49. The smallest absolute Gasteiger partial charge is 0.416 e. The second-order valence-corrected chi connectivity index (χ2v) is 8.81. The molecule has 0 spiro atoms. The molecule has 0 aliphatic heterocycles. The van der Waals surface area contributed by atoms with Crippen LogP contribution in [0.5, 0.6) is 5.75 Å². The lowest BCUT2D eigenvalue weighted by molar-refractivity contribution is -0.137. The van der Waals surface area contributed by atoms with Gasteiger partial charge in [0, 0.05) is 16.7 Å². The summed E-state index contributed by atoms with van der Waals surface area (Å²) in [6.45, 7) is 4.14. The third-order valence-corrected chi connectivity index (χ3v) is 6.29. The summed E-state index contributed by atoms with van der Waals surface area (Å²) in [7, 11) is 0. The maximum Gasteiger partial charge on any atom is 0.416 e. The number of thiazole rings is 1. The molecule has 0 atom stereocenters. The Morgan fingerprint density at radius 3 is 2.59 bits per heavy atom. The number of nitrogens with zero attached hydrogens (tertiary/aromatic N) is 3. The number of thioether (sulfide) groups is 1. The van der Waals surface area contributed by atoms with Gasteiger partial charge >= 0.3 is 6.18 Å². The number of alkyl halides is 3. The molecule has 0 fully saturated rings. The van der Waals surface area contributed by atoms with Gasteiger partial charge in [0.25, 0.3) is 11.1 Å². The van der Waals surface area contributed by atoms with Crippen molar-refractivity contribution in [1.82, 2.24) is 15.2 Å². The fourth-order valence-corrected chi connectivity index (χ4v) is 4.40. The van der Waals surface area contributed by atoms with Gasteiger partial charge < -0.3 is 9.15 Å². The van der Waals surface area contributed by atoms with E-state index in [0.717, 1.165) is 34.7 Å². The molecular weight excluding hydrogens is 459 g/mol. The van der Waals surface area contributed by atoms with Gasteiger partial charge in [-0.15, -0.1) is 21.5 Å². The van der Waals surface area contributed by atoms with E-state index in [1.807, 2.05) is 37.4 Å². The van der Waals surface area contributed by atoms with Gasteiger partial charge in [0.1, 0.15) is 10.8 Å². The fraction of sp³-hybridized carbons (Fsp3) is 0.227. The van der Waals surface area contributed by atoms with E-state index in [1.54, 1.807) is 0 Å². The summed E-state index contributed by atoms with van der Waals surface area (Å²) in [6.07, 6.45) is -4.35. The Labute approximate surface area is 190 Å². The average Bonchev–Trinajstić information content (AvgIpc) is 3.42. The Kier molecular flexibility index (Phi) is 6.52. The largest absolute Gasteiger partial charge is 0.484 e. The second-order valence-electron chi connectivity index (χ2n) is 7.03. The first-order valence-electron chi connectivity index (χ1n) is 9.55. The number of rotatable bonds is 7. The number of benzene rings is 2. The summed E-state index contributed by atoms with van der Waals surface area (Å²) < 4.78 is 49.5. The lowest BCUT2D eigenvalue weighted by Crippen LogP contribution is -2.03. The van der Waals surface area contributed by atoms with Gasteiger partial charge in [-0.25, -0.2) is 4.98 Å². The van der Waals surface area contributed by atoms with Crippen LogP contribution in [0.3, 0.4) is 0 Å². The van der Waals surface area contributed by atoms with Crippen LogP contribution in [0.25, 0.3) is 10.6 Å². The Balaban J connectivity index is 1.32. The zero-order valence-electron chi connectivity index (χ0n) is 17.1. The minimum atomic E-state index is -4.35. The molecule has 0 unspecified atom stereocenters. The van der Waals surface area contributed by atoms with Crippen molar-refractivity contribution in [2.45, 2.75) is 37.6 Å². The maximum absolute atomic E-state index is 12.7. The SMILES string of the molecule is Cc1ccc(C)c(OCc2nnc(SCc3csc(-c4ccc(C(F)(F)F)cc4)n3)o2)c1. The zero-order chi connectivity index (χ0) is 22.7. The van der Waals surface area contributed by atoms with Gasteiger partial charge in [0.05, 0.1) is 11.3 Å². The Hall–Kier alpha value is -2.85. The van der Waals surface area contributed by atoms with Crippen molar-refractivity contribution < 1.29 is 22.3 Å². The molecule has 0 saturated carbocycles. The zero-order valence-corrected chi connectivity index (χ0v) is 18.8. The van der Waals surface area contributed by atoms with Crippen molar-refractivity contribution >= 4 is 23.1 Å². The first kappa shape index (κ1) is 22.3. The molecule has 0 aliphatic carbocycles. The van der Waals surface area contributed by atoms with E-state index < -0.39 is 11.7 Å². The fourth-order valence-electron chi connectivity index (χ4n) is 2.80. The van der Waals surface area contributed by atoms with Crippen LogP contribution in [0, 0.1) is 13.8 Å². The van der Waals surface area contributed by atoms with Gasteiger partial charge in [-0.05, 0) is 43.2 Å². The van der Waals surface area contributed by atoms with Crippen LogP contribution in [-0.2, 0) is 18.5 Å². The van der Waals surface area contributed by atoms with Gasteiger partial charge in [-0.1, -0.05) is 36.0 Å². The number of aromatic nitrogens is 3. The number of ether oxygens (including phenoxy) is 1. The van der Waals surface area contributed by atoms with E-state index in [2.05, 4.69) is 15.2 Å². The summed E-state index contributed by atoms with van der Waals surface area (Å²) in [5, 5.41) is 10.9. The standard InChI is InChI=1S/C22H18F3N3O2S2/c1-13-3-4-14(2)18(9-13)29-10-19-27-28-21(30-19)32-12-17-11-31-20(26-17)15-5-7-16(8-6-15)22(23,24)25/h3-9,11H,10,12H2,1-2H3. The van der Waals surface area contributed by atoms with E-state index in [-0.39, 0.29) is 6.61 Å². The summed E-state index contributed by atoms with van der Waals surface area (Å²) in [6, 6.07) is 10.9. The number of halogens is 3. The van der Waals surface area contributed by atoms with Gasteiger partial charge in [-0.3, -0.25) is 0 Å². The van der Waals surface area contributed by atoms with Crippen molar-refractivity contribution in [3.05, 3.63) is 76.1 Å². The molecule has 0 saturated heterocycles. The van der Waals surface area contributed by atoms with Crippen LogP contribution in [0.1, 0.15) is 28.3 Å². The van der Waals surface area contributed by atoms with Crippen molar-refractivity contribution in [2.75, 3.05) is 0 Å². The summed E-state index contributed by atoms with van der Waals surface area (Å²) in [5.74, 6) is 1.64. The number of aryl methyl sites for hydroxylation is 2. The Morgan fingerprint density at radius 2 is 1.84 bits per heavy atom. The summed E-state index contributed by atoms with van der Waals surface area (Å²) >= 11 is 2.71. The highest BCUT2D eigenvalue weighted by Gasteiger charge is 2.30. The Morgan fingerprint density at radius 1 is 1.06 bits per heavy atom. The molecule has 0 amide bonds. The van der Waals surface area contributed by atoms with Crippen LogP contribution in [0.2, 0.25) is 0 Å². The third-order valence-electron chi connectivity index (χ3n) is 4.50.